The third-order valence-electron chi connectivity index (χ3n) is 4.51. The third-order valence-corrected chi connectivity index (χ3v) is 4.51. The summed E-state index contributed by atoms with van der Waals surface area (Å²) in [4.78, 5) is 29.0. The lowest BCUT2D eigenvalue weighted by Gasteiger charge is -2.21. The van der Waals surface area contributed by atoms with Gasteiger partial charge in [-0.15, -0.1) is 0 Å². The number of amides is 1. The molecule has 0 aliphatic rings. The monoisotopic (exact) mass is 468 g/mol. The van der Waals surface area contributed by atoms with E-state index in [1.54, 1.807) is 45.9 Å². The zero-order chi connectivity index (χ0) is 24.7. The lowest BCUT2D eigenvalue weighted by molar-refractivity contribution is 0.0499. The number of aromatic nitrogens is 1. The maximum Gasteiger partial charge on any atom is 0.408 e. The number of methoxy groups -OCH3 is 1. The molecule has 180 valence electrons. The van der Waals surface area contributed by atoms with Gasteiger partial charge >= 0.3 is 12.1 Å². The highest BCUT2D eigenvalue weighted by Gasteiger charge is 2.27. The molecule has 0 unspecified atom stereocenters. The lowest BCUT2D eigenvalue weighted by atomic mass is 10.2. The highest BCUT2D eigenvalue weighted by Crippen LogP contribution is 2.38. The third kappa shape index (κ3) is 6.50. The molecule has 1 heterocycles. The summed E-state index contributed by atoms with van der Waals surface area (Å²) in [7, 11) is 1.50. The number of nitrogens with zero attached hydrogens (tertiary/aromatic N) is 1. The number of carbonyl (C=O) groups is 2. The normalized spacial score (nSPS) is 11.9. The van der Waals surface area contributed by atoms with Crippen molar-refractivity contribution in [2.24, 2.45) is 0 Å². The first kappa shape index (κ1) is 24.6. The van der Waals surface area contributed by atoms with Gasteiger partial charge in [0.25, 0.3) is 0 Å². The number of hydrogen-bond acceptors (Lipinski definition) is 8. The second-order valence-electron chi connectivity index (χ2n) is 8.38. The van der Waals surface area contributed by atoms with Crippen molar-refractivity contribution in [3.8, 4) is 17.2 Å². The maximum atomic E-state index is 13.0. The van der Waals surface area contributed by atoms with Crippen LogP contribution in [0.3, 0.4) is 0 Å². The van der Waals surface area contributed by atoms with Crippen molar-refractivity contribution in [2.75, 3.05) is 7.11 Å². The van der Waals surface area contributed by atoms with Gasteiger partial charge in [0.15, 0.2) is 29.3 Å². The molecule has 0 saturated heterocycles. The van der Waals surface area contributed by atoms with Gasteiger partial charge < -0.3 is 28.7 Å². The highest BCUT2D eigenvalue weighted by molar-refractivity contribution is 5.90. The van der Waals surface area contributed by atoms with Gasteiger partial charge in [0, 0.05) is 0 Å². The standard InChI is InChI=1S/C25H28N2O7/c1-16(27-24(29)34-25(2,3)4)21-20(26-15-32-21)23(28)33-19-13-9-12-18(30-5)22(19)31-14-17-10-7-6-8-11-17/h6-13,15-16H,14H2,1-5H3,(H,27,29)/t16-/m0/s1. The van der Waals surface area contributed by atoms with Crippen molar-refractivity contribution >= 4 is 12.1 Å². The summed E-state index contributed by atoms with van der Waals surface area (Å²) in [5, 5.41) is 2.62. The molecule has 0 fully saturated rings. The minimum Gasteiger partial charge on any atom is -0.493 e. The highest BCUT2D eigenvalue weighted by atomic mass is 16.6. The second-order valence-corrected chi connectivity index (χ2v) is 8.38. The number of carbonyl (C=O) groups excluding carboxylic acids is 2. The van der Waals surface area contributed by atoms with E-state index in [2.05, 4.69) is 10.3 Å². The molecular formula is C25H28N2O7. The first-order valence-corrected chi connectivity index (χ1v) is 10.7. The van der Waals surface area contributed by atoms with Gasteiger partial charge in [0.05, 0.1) is 13.2 Å². The van der Waals surface area contributed by atoms with Gasteiger partial charge in [-0.1, -0.05) is 36.4 Å². The van der Waals surface area contributed by atoms with E-state index in [1.165, 1.54) is 7.11 Å². The Balaban J connectivity index is 1.76. The van der Waals surface area contributed by atoms with Gasteiger partial charge in [0.1, 0.15) is 12.2 Å². The van der Waals surface area contributed by atoms with Crippen molar-refractivity contribution < 1.29 is 33.0 Å². The molecule has 0 saturated carbocycles. The van der Waals surface area contributed by atoms with Crippen LogP contribution in [0.1, 0.15) is 55.5 Å². The number of alkyl carbamates (subject to hydrolysis) is 1. The minimum atomic E-state index is -0.778. The van der Waals surface area contributed by atoms with E-state index in [-0.39, 0.29) is 29.6 Å². The Bertz CT molecular complexity index is 1120. The summed E-state index contributed by atoms with van der Waals surface area (Å²) < 4.78 is 27.5. The number of benzene rings is 2. The van der Waals surface area contributed by atoms with E-state index in [1.807, 2.05) is 30.3 Å². The number of hydrogen-bond donors (Lipinski definition) is 1. The van der Waals surface area contributed by atoms with E-state index in [4.69, 9.17) is 23.4 Å². The van der Waals surface area contributed by atoms with Gasteiger partial charge in [-0.25, -0.2) is 14.6 Å². The van der Waals surface area contributed by atoms with Crippen LogP contribution in [0.15, 0.2) is 59.3 Å². The van der Waals surface area contributed by atoms with Crippen molar-refractivity contribution in [1.82, 2.24) is 10.3 Å². The van der Waals surface area contributed by atoms with Gasteiger partial charge in [-0.3, -0.25) is 0 Å². The number of oxazole rings is 1. The van der Waals surface area contributed by atoms with Crippen molar-refractivity contribution in [3.63, 3.8) is 0 Å². The molecule has 0 aliphatic heterocycles. The summed E-state index contributed by atoms with van der Waals surface area (Å²) in [6, 6.07) is 13.8. The van der Waals surface area contributed by atoms with Crippen LogP contribution in [0.25, 0.3) is 0 Å². The SMILES string of the molecule is COc1cccc(OC(=O)c2ncoc2[C@H](C)NC(=O)OC(C)(C)C)c1OCc1ccccc1. The molecule has 1 N–H and O–H groups in total. The number of esters is 1. The van der Waals surface area contributed by atoms with E-state index < -0.39 is 23.7 Å². The van der Waals surface area contributed by atoms with Gasteiger partial charge in [-0.2, -0.15) is 0 Å². The largest absolute Gasteiger partial charge is 0.493 e. The molecular weight excluding hydrogens is 440 g/mol. The fourth-order valence-corrected chi connectivity index (χ4v) is 3.02. The quantitative estimate of drug-likeness (QED) is 0.361. The molecule has 3 rings (SSSR count). The molecule has 0 spiro atoms. The fraction of sp³-hybridized carbons (Fsp3) is 0.320. The zero-order valence-electron chi connectivity index (χ0n) is 19.8. The van der Waals surface area contributed by atoms with Gasteiger partial charge in [0.2, 0.25) is 5.75 Å². The lowest BCUT2D eigenvalue weighted by Crippen LogP contribution is -2.34. The predicted octanol–water partition coefficient (Wildman–Crippen LogP) is 5.07. The number of rotatable bonds is 8. The average molecular weight is 469 g/mol. The molecule has 1 atom stereocenters. The van der Waals surface area contributed by atoms with E-state index >= 15 is 0 Å². The molecule has 0 bridgehead atoms. The van der Waals surface area contributed by atoms with E-state index in [0.717, 1.165) is 12.0 Å². The second kappa shape index (κ2) is 10.7. The Labute approximate surface area is 198 Å². The van der Waals surface area contributed by atoms with Gasteiger partial charge in [-0.05, 0) is 45.4 Å². The summed E-state index contributed by atoms with van der Waals surface area (Å²) in [6.45, 7) is 7.14. The summed E-state index contributed by atoms with van der Waals surface area (Å²) in [6.07, 6.45) is 0.456. The topological polar surface area (TPSA) is 109 Å². The van der Waals surface area contributed by atoms with Crippen LogP contribution in [0.4, 0.5) is 4.79 Å². The summed E-state index contributed by atoms with van der Waals surface area (Å²) >= 11 is 0. The molecule has 0 radical (unpaired) electrons. The Kier molecular flexibility index (Phi) is 7.78. The molecule has 1 aromatic heterocycles. The van der Waals surface area contributed by atoms with E-state index in [0.29, 0.717) is 5.75 Å². The first-order chi connectivity index (χ1) is 16.2. The Hall–Kier alpha value is -4.01. The van der Waals surface area contributed by atoms with Crippen LogP contribution in [-0.4, -0.2) is 29.8 Å². The molecule has 0 aliphatic carbocycles. The number of nitrogens with one attached hydrogen (secondary N) is 1. The molecule has 3 aromatic rings. The molecule has 9 nitrogen and oxygen atoms in total. The molecule has 1 amide bonds. The molecule has 2 aromatic carbocycles. The summed E-state index contributed by atoms with van der Waals surface area (Å²) in [5.74, 6) is 0.181. The van der Waals surface area contributed by atoms with Crippen LogP contribution < -0.4 is 19.5 Å². The molecule has 9 heteroatoms. The summed E-state index contributed by atoms with van der Waals surface area (Å²) in [5.41, 5.74) is 0.182. The van der Waals surface area contributed by atoms with Crippen LogP contribution in [-0.2, 0) is 11.3 Å². The minimum absolute atomic E-state index is 0.0830. The Morgan fingerprint density at radius 2 is 1.76 bits per heavy atom. The van der Waals surface area contributed by atoms with E-state index in [9.17, 15) is 9.59 Å². The van der Waals surface area contributed by atoms with Crippen LogP contribution in [0.2, 0.25) is 0 Å². The van der Waals surface area contributed by atoms with Crippen molar-refractivity contribution in [1.29, 1.82) is 0 Å². The van der Waals surface area contributed by atoms with Crippen LogP contribution >= 0.6 is 0 Å². The smallest absolute Gasteiger partial charge is 0.408 e. The van der Waals surface area contributed by atoms with Crippen LogP contribution in [0, 0.1) is 0 Å². The first-order valence-electron chi connectivity index (χ1n) is 10.7. The van der Waals surface area contributed by atoms with Crippen molar-refractivity contribution in [2.45, 2.75) is 45.9 Å². The fourth-order valence-electron chi connectivity index (χ4n) is 3.02. The average Bonchev–Trinajstić information content (AvgIpc) is 3.28. The zero-order valence-corrected chi connectivity index (χ0v) is 19.8. The van der Waals surface area contributed by atoms with Crippen LogP contribution in [0.5, 0.6) is 17.2 Å². The number of ether oxygens (including phenoxy) is 4. The van der Waals surface area contributed by atoms with Crippen molar-refractivity contribution in [3.05, 3.63) is 71.9 Å². The predicted molar refractivity (Wildman–Crippen MR) is 123 cm³/mol. The Morgan fingerprint density at radius 1 is 1.06 bits per heavy atom. The maximum absolute atomic E-state index is 13.0. The molecule has 34 heavy (non-hydrogen) atoms. The Morgan fingerprint density at radius 3 is 2.44 bits per heavy atom. The number of para-hydroxylation sites is 1.